The number of halogens is 2. The van der Waals surface area contributed by atoms with Crippen LogP contribution in [0.4, 0.5) is 15.8 Å². The van der Waals surface area contributed by atoms with Gasteiger partial charge in [-0.25, -0.2) is 4.39 Å². The third-order valence-electron chi connectivity index (χ3n) is 3.78. The summed E-state index contributed by atoms with van der Waals surface area (Å²) in [7, 11) is 2.01. The molecule has 4 heteroatoms. The predicted molar refractivity (Wildman–Crippen MR) is 88.5 cm³/mol. The first-order chi connectivity index (χ1) is 10.1. The van der Waals surface area contributed by atoms with Crippen LogP contribution in [0.3, 0.4) is 0 Å². The smallest absolute Gasteiger partial charge is 0.123 e. The fraction of sp³-hybridized carbons (Fsp3) is 0.294. The monoisotopic (exact) mass is 348 g/mol. The van der Waals surface area contributed by atoms with Gasteiger partial charge in [-0.05, 0) is 54.8 Å². The molecule has 1 fully saturated rings. The zero-order chi connectivity index (χ0) is 14.8. The van der Waals surface area contributed by atoms with E-state index in [1.54, 1.807) is 12.1 Å². The third-order valence-corrected chi connectivity index (χ3v) is 4.27. The second-order valence-corrected chi connectivity index (χ2v) is 6.38. The molecule has 0 saturated heterocycles. The highest BCUT2D eigenvalue weighted by Crippen LogP contribution is 2.31. The van der Waals surface area contributed by atoms with Gasteiger partial charge in [-0.3, -0.25) is 0 Å². The minimum atomic E-state index is -0.211. The Morgan fingerprint density at radius 1 is 1.19 bits per heavy atom. The van der Waals surface area contributed by atoms with Gasteiger partial charge in [-0.15, -0.1) is 0 Å². The maximum Gasteiger partial charge on any atom is 0.123 e. The summed E-state index contributed by atoms with van der Waals surface area (Å²) in [5.74, 6) is -0.211. The molecule has 0 spiro atoms. The molecule has 0 aromatic heterocycles. The van der Waals surface area contributed by atoms with E-state index in [2.05, 4.69) is 44.3 Å². The number of benzene rings is 2. The van der Waals surface area contributed by atoms with Crippen LogP contribution in [-0.2, 0) is 6.54 Å². The van der Waals surface area contributed by atoms with Gasteiger partial charge in [0.15, 0.2) is 0 Å². The van der Waals surface area contributed by atoms with Gasteiger partial charge in [0.25, 0.3) is 0 Å². The van der Waals surface area contributed by atoms with E-state index in [4.69, 9.17) is 0 Å². The summed E-state index contributed by atoms with van der Waals surface area (Å²) < 4.78 is 14.1. The van der Waals surface area contributed by atoms with Crippen LogP contribution in [0.2, 0.25) is 0 Å². The molecule has 3 rings (SSSR count). The normalized spacial score (nSPS) is 14.2. The maximum atomic E-state index is 13.1. The molecule has 0 aliphatic heterocycles. The highest BCUT2D eigenvalue weighted by molar-refractivity contribution is 9.10. The van der Waals surface area contributed by atoms with Crippen LogP contribution >= 0.6 is 15.9 Å². The van der Waals surface area contributed by atoms with E-state index < -0.39 is 0 Å². The quantitative estimate of drug-likeness (QED) is 0.848. The fourth-order valence-electron chi connectivity index (χ4n) is 2.34. The summed E-state index contributed by atoms with van der Waals surface area (Å²) in [6.45, 7) is 0.860. The molecule has 0 heterocycles. The molecule has 1 aliphatic carbocycles. The summed E-state index contributed by atoms with van der Waals surface area (Å²) in [6, 6.07) is 13.6. The Hall–Kier alpha value is -1.39. The van der Waals surface area contributed by atoms with Crippen LogP contribution in [0, 0.1) is 5.82 Å². The lowest BCUT2D eigenvalue weighted by Crippen LogP contribution is -2.19. The molecule has 0 bridgehead atoms. The largest absolute Gasteiger partial charge is 0.344 e. The van der Waals surface area contributed by atoms with Gasteiger partial charge in [-0.1, -0.05) is 22.0 Å². The van der Waals surface area contributed by atoms with Crippen molar-refractivity contribution in [2.45, 2.75) is 25.4 Å². The second kappa shape index (κ2) is 6.16. The standard InChI is InChI=1S/C17H18BrFN2/c1-21(16-8-4-14(19)5-9-16)17-10-13(18)3-2-12(17)11-20-15-6-7-15/h2-5,8-10,15,20H,6-7,11H2,1H3. The molecular formula is C17H18BrFN2. The molecule has 110 valence electrons. The first kappa shape index (κ1) is 14.5. The number of nitrogens with one attached hydrogen (secondary N) is 1. The Kier molecular flexibility index (Phi) is 4.27. The molecule has 0 amide bonds. The van der Waals surface area contributed by atoms with Crippen LogP contribution < -0.4 is 10.2 Å². The van der Waals surface area contributed by atoms with E-state index in [-0.39, 0.29) is 5.82 Å². The van der Waals surface area contributed by atoms with Crippen molar-refractivity contribution in [1.82, 2.24) is 5.32 Å². The van der Waals surface area contributed by atoms with Crippen molar-refractivity contribution < 1.29 is 4.39 Å². The summed E-state index contributed by atoms with van der Waals surface area (Å²) in [5, 5.41) is 3.55. The molecule has 1 aliphatic rings. The summed E-state index contributed by atoms with van der Waals surface area (Å²) in [4.78, 5) is 2.09. The zero-order valence-corrected chi connectivity index (χ0v) is 13.5. The highest BCUT2D eigenvalue weighted by atomic mass is 79.9. The molecule has 1 saturated carbocycles. The minimum absolute atomic E-state index is 0.211. The lowest BCUT2D eigenvalue weighted by Gasteiger charge is -2.23. The molecule has 0 radical (unpaired) electrons. The Balaban J connectivity index is 1.87. The SMILES string of the molecule is CN(c1ccc(F)cc1)c1cc(Br)ccc1CNC1CC1. The summed E-state index contributed by atoms with van der Waals surface area (Å²) >= 11 is 3.53. The number of anilines is 2. The van der Waals surface area contributed by atoms with Crippen LogP contribution in [-0.4, -0.2) is 13.1 Å². The lowest BCUT2D eigenvalue weighted by molar-refractivity contribution is 0.628. The number of nitrogens with zero attached hydrogens (tertiary/aromatic N) is 1. The van der Waals surface area contributed by atoms with E-state index in [9.17, 15) is 4.39 Å². The van der Waals surface area contributed by atoms with Crippen LogP contribution in [0.1, 0.15) is 18.4 Å². The van der Waals surface area contributed by atoms with Crippen LogP contribution in [0.25, 0.3) is 0 Å². The van der Waals surface area contributed by atoms with Crippen molar-refractivity contribution in [2.24, 2.45) is 0 Å². The first-order valence-corrected chi connectivity index (χ1v) is 7.94. The van der Waals surface area contributed by atoms with Crippen molar-refractivity contribution >= 4 is 27.3 Å². The van der Waals surface area contributed by atoms with Crippen molar-refractivity contribution in [3.8, 4) is 0 Å². The van der Waals surface area contributed by atoms with Gasteiger partial charge < -0.3 is 10.2 Å². The Bertz CT molecular complexity index is 623. The average molecular weight is 349 g/mol. The van der Waals surface area contributed by atoms with Gasteiger partial charge in [0, 0.05) is 35.5 Å². The molecule has 2 nitrogen and oxygen atoms in total. The minimum Gasteiger partial charge on any atom is -0.344 e. The van der Waals surface area contributed by atoms with E-state index in [0.717, 1.165) is 22.4 Å². The van der Waals surface area contributed by atoms with Crippen molar-refractivity contribution in [2.75, 3.05) is 11.9 Å². The van der Waals surface area contributed by atoms with Crippen molar-refractivity contribution in [3.05, 3.63) is 58.3 Å². The van der Waals surface area contributed by atoms with Crippen LogP contribution in [0.15, 0.2) is 46.9 Å². The average Bonchev–Trinajstić information content (AvgIpc) is 3.30. The van der Waals surface area contributed by atoms with E-state index in [1.165, 1.54) is 30.5 Å². The van der Waals surface area contributed by atoms with E-state index in [1.807, 2.05) is 7.05 Å². The van der Waals surface area contributed by atoms with Gasteiger partial charge in [-0.2, -0.15) is 0 Å². The molecule has 21 heavy (non-hydrogen) atoms. The number of hydrogen-bond acceptors (Lipinski definition) is 2. The summed E-state index contributed by atoms with van der Waals surface area (Å²) in [6.07, 6.45) is 2.55. The molecule has 0 unspecified atom stereocenters. The molecule has 0 atom stereocenters. The number of hydrogen-bond donors (Lipinski definition) is 1. The predicted octanol–water partition coefficient (Wildman–Crippen LogP) is 4.61. The lowest BCUT2D eigenvalue weighted by atomic mass is 10.1. The highest BCUT2D eigenvalue weighted by Gasteiger charge is 2.21. The molecule has 2 aromatic rings. The van der Waals surface area contributed by atoms with Gasteiger partial charge in [0.05, 0.1) is 0 Å². The van der Waals surface area contributed by atoms with Gasteiger partial charge in [0.1, 0.15) is 5.82 Å². The third kappa shape index (κ3) is 3.63. The summed E-state index contributed by atoms with van der Waals surface area (Å²) in [5.41, 5.74) is 3.35. The Morgan fingerprint density at radius 3 is 2.57 bits per heavy atom. The molecular weight excluding hydrogens is 331 g/mol. The molecule has 2 aromatic carbocycles. The van der Waals surface area contributed by atoms with E-state index >= 15 is 0 Å². The maximum absolute atomic E-state index is 13.1. The van der Waals surface area contributed by atoms with Gasteiger partial charge >= 0.3 is 0 Å². The van der Waals surface area contributed by atoms with E-state index in [0.29, 0.717) is 6.04 Å². The fourth-order valence-corrected chi connectivity index (χ4v) is 2.69. The Labute approximate surface area is 133 Å². The van der Waals surface area contributed by atoms with Crippen LogP contribution in [0.5, 0.6) is 0 Å². The zero-order valence-electron chi connectivity index (χ0n) is 11.9. The molecule has 1 N–H and O–H groups in total. The second-order valence-electron chi connectivity index (χ2n) is 5.46. The number of rotatable bonds is 5. The topological polar surface area (TPSA) is 15.3 Å². The van der Waals surface area contributed by atoms with Gasteiger partial charge in [0.2, 0.25) is 0 Å². The van der Waals surface area contributed by atoms with Crippen molar-refractivity contribution in [1.29, 1.82) is 0 Å². The van der Waals surface area contributed by atoms with Crippen molar-refractivity contribution in [3.63, 3.8) is 0 Å². The Morgan fingerprint density at radius 2 is 1.90 bits per heavy atom. The first-order valence-electron chi connectivity index (χ1n) is 7.14.